The molecule has 4 aliphatic carbocycles. The summed E-state index contributed by atoms with van der Waals surface area (Å²) in [6.07, 6.45) is -0.894. The largest absolute Gasteiger partial charge is 0.480 e. The average molecular weight is 626 g/mol. The minimum absolute atomic E-state index is 0.00235. The van der Waals surface area contributed by atoms with Crippen LogP contribution in [0.25, 0.3) is 0 Å². The van der Waals surface area contributed by atoms with Crippen LogP contribution in [0.4, 0.5) is 0 Å². The Bertz CT molecular complexity index is 1090. The summed E-state index contributed by atoms with van der Waals surface area (Å²) in [4.78, 5) is 34.5. The number of carbonyl (C=O) groups excluding carboxylic acids is 1. The van der Waals surface area contributed by atoms with E-state index in [1.807, 2.05) is 0 Å². The highest BCUT2D eigenvalue weighted by molar-refractivity contribution is 5.81. The Kier molecular flexibility index (Phi) is 9.72. The van der Waals surface area contributed by atoms with Crippen molar-refractivity contribution in [2.75, 3.05) is 6.54 Å². The standard InChI is InChI=1S/C32H51NO11/c1-15(4-7-22(35)33-14-23(36)37)18-5-6-19-24-20(9-11-32(18,19)3)31(2)10-8-17(12-16(31)13-21(24)34)43-30-27(40)25(38)26(39)28(44-30)29(41)42/h15-21,24-28,30,34,38-40H,4-14H2,1-3H3,(H,33,35)(H,36,37)(H,41,42). The molecular weight excluding hydrogens is 574 g/mol. The highest BCUT2D eigenvalue weighted by atomic mass is 16.7. The third-order valence-electron chi connectivity index (χ3n) is 12.8. The Morgan fingerprint density at radius 2 is 1.59 bits per heavy atom. The van der Waals surface area contributed by atoms with Gasteiger partial charge < -0.3 is 45.4 Å². The van der Waals surface area contributed by atoms with E-state index in [2.05, 4.69) is 26.1 Å². The molecule has 12 heteroatoms. The Hall–Kier alpha value is -1.83. The number of hydrogen-bond acceptors (Lipinski definition) is 9. The predicted molar refractivity (Wildman–Crippen MR) is 155 cm³/mol. The van der Waals surface area contributed by atoms with Gasteiger partial charge in [-0.05, 0) is 104 Å². The normalized spacial score (nSPS) is 47.5. The number of nitrogens with one attached hydrogen (secondary N) is 1. The SMILES string of the molecule is CC(CCC(=O)NCC(=O)O)C1CCC2C3C(O)CC4CC(OC5OC(C(=O)O)C(O)C(O)C5O)CCC4(C)C3CCC12C. The third kappa shape index (κ3) is 6.02. The molecule has 0 spiro atoms. The average Bonchev–Trinajstić information content (AvgIpc) is 3.32. The second-order valence-corrected chi connectivity index (χ2v) is 15.0. The van der Waals surface area contributed by atoms with Crippen LogP contribution in [0.15, 0.2) is 0 Å². The summed E-state index contributed by atoms with van der Waals surface area (Å²) in [5.74, 6) is -0.858. The number of rotatable bonds is 9. The van der Waals surface area contributed by atoms with Crippen molar-refractivity contribution < 1.29 is 54.5 Å². The molecule has 0 radical (unpaired) electrons. The maximum Gasteiger partial charge on any atom is 0.335 e. The molecule has 5 rings (SSSR count). The fourth-order valence-corrected chi connectivity index (χ4v) is 10.5. The van der Waals surface area contributed by atoms with Crippen LogP contribution in [-0.2, 0) is 23.9 Å². The number of ether oxygens (including phenoxy) is 2. The summed E-state index contributed by atoms with van der Waals surface area (Å²) >= 11 is 0. The lowest BCUT2D eigenvalue weighted by molar-refractivity contribution is -0.310. The van der Waals surface area contributed by atoms with Crippen molar-refractivity contribution in [1.82, 2.24) is 5.32 Å². The maximum absolute atomic E-state index is 12.2. The first-order chi connectivity index (χ1) is 20.7. The minimum atomic E-state index is -1.76. The lowest BCUT2D eigenvalue weighted by Crippen LogP contribution is -2.61. The van der Waals surface area contributed by atoms with Crippen molar-refractivity contribution in [2.45, 2.75) is 128 Å². The maximum atomic E-state index is 12.2. The summed E-state index contributed by atoms with van der Waals surface area (Å²) < 4.78 is 11.4. The van der Waals surface area contributed by atoms with Gasteiger partial charge in [0.05, 0.1) is 12.2 Å². The zero-order valence-electron chi connectivity index (χ0n) is 26.0. The third-order valence-corrected chi connectivity index (χ3v) is 12.8. The van der Waals surface area contributed by atoms with Gasteiger partial charge in [0, 0.05) is 6.42 Å². The summed E-state index contributed by atoms with van der Waals surface area (Å²) in [7, 11) is 0. The molecule has 1 saturated heterocycles. The van der Waals surface area contributed by atoms with Crippen molar-refractivity contribution in [3.63, 3.8) is 0 Å². The van der Waals surface area contributed by atoms with Crippen LogP contribution in [0.3, 0.4) is 0 Å². The Balaban J connectivity index is 1.22. The first kappa shape index (κ1) is 33.5. The van der Waals surface area contributed by atoms with Gasteiger partial charge >= 0.3 is 11.9 Å². The lowest BCUT2D eigenvalue weighted by atomic mass is 9.43. The first-order valence-corrected chi connectivity index (χ1v) is 16.4. The predicted octanol–water partition coefficient (Wildman–Crippen LogP) is 1.51. The molecule has 15 atom stereocenters. The van der Waals surface area contributed by atoms with Crippen molar-refractivity contribution in [2.24, 2.45) is 46.3 Å². The number of aliphatic hydroxyl groups is 4. The summed E-state index contributed by atoms with van der Waals surface area (Å²) in [6.45, 7) is 6.57. The molecule has 0 aromatic carbocycles. The number of amides is 1. The topological polar surface area (TPSA) is 203 Å². The second-order valence-electron chi connectivity index (χ2n) is 15.0. The molecule has 5 aliphatic rings. The molecule has 44 heavy (non-hydrogen) atoms. The lowest BCUT2D eigenvalue weighted by Gasteiger charge is -2.62. The summed E-state index contributed by atoms with van der Waals surface area (Å²) in [5.41, 5.74) is 0.0749. The van der Waals surface area contributed by atoms with Crippen molar-refractivity contribution in [1.29, 1.82) is 0 Å². The zero-order valence-corrected chi connectivity index (χ0v) is 26.0. The monoisotopic (exact) mass is 625 g/mol. The van der Waals surface area contributed by atoms with Crippen molar-refractivity contribution in [3.8, 4) is 0 Å². The van der Waals surface area contributed by atoms with Gasteiger partial charge in [-0.15, -0.1) is 0 Å². The molecule has 250 valence electrons. The van der Waals surface area contributed by atoms with E-state index in [-0.39, 0.29) is 41.2 Å². The van der Waals surface area contributed by atoms with E-state index in [4.69, 9.17) is 14.6 Å². The number of aliphatic carboxylic acids is 2. The van der Waals surface area contributed by atoms with Gasteiger partial charge in [0.1, 0.15) is 24.9 Å². The van der Waals surface area contributed by atoms with Gasteiger partial charge in [-0.2, -0.15) is 0 Å². The van der Waals surface area contributed by atoms with E-state index < -0.39 is 48.7 Å². The molecule has 7 N–H and O–H groups in total. The van der Waals surface area contributed by atoms with E-state index in [0.29, 0.717) is 55.8 Å². The van der Waals surface area contributed by atoms with Crippen LogP contribution in [0.1, 0.15) is 85.0 Å². The number of carboxylic acid groups (broad SMARTS) is 2. The highest BCUT2D eigenvalue weighted by Gasteiger charge is 2.63. The number of aliphatic hydroxyl groups excluding tert-OH is 4. The molecule has 12 nitrogen and oxygen atoms in total. The van der Waals surface area contributed by atoms with E-state index in [1.54, 1.807) is 0 Å². The van der Waals surface area contributed by atoms with Gasteiger partial charge in [-0.1, -0.05) is 20.8 Å². The molecule has 0 bridgehead atoms. The smallest absolute Gasteiger partial charge is 0.335 e. The van der Waals surface area contributed by atoms with E-state index in [1.165, 1.54) is 0 Å². The van der Waals surface area contributed by atoms with Crippen LogP contribution in [0.2, 0.25) is 0 Å². The Morgan fingerprint density at radius 3 is 2.27 bits per heavy atom. The van der Waals surface area contributed by atoms with Crippen molar-refractivity contribution >= 4 is 17.8 Å². The van der Waals surface area contributed by atoms with Crippen LogP contribution >= 0.6 is 0 Å². The van der Waals surface area contributed by atoms with E-state index >= 15 is 0 Å². The van der Waals surface area contributed by atoms with Crippen LogP contribution in [0.5, 0.6) is 0 Å². The molecule has 1 aliphatic heterocycles. The molecule has 4 saturated carbocycles. The van der Waals surface area contributed by atoms with Gasteiger partial charge in [0.2, 0.25) is 5.91 Å². The number of fused-ring (bicyclic) bond motifs is 5. The first-order valence-electron chi connectivity index (χ1n) is 16.4. The Labute approximate surface area is 258 Å². The Morgan fingerprint density at radius 1 is 0.909 bits per heavy atom. The highest BCUT2D eigenvalue weighted by Crippen LogP contribution is 2.68. The minimum Gasteiger partial charge on any atom is -0.480 e. The molecular formula is C32H51NO11. The van der Waals surface area contributed by atoms with Gasteiger partial charge in [-0.25, -0.2) is 4.79 Å². The van der Waals surface area contributed by atoms with Gasteiger partial charge in [0.25, 0.3) is 0 Å². The number of carboxylic acids is 2. The molecule has 15 unspecified atom stereocenters. The van der Waals surface area contributed by atoms with Crippen molar-refractivity contribution in [3.05, 3.63) is 0 Å². The summed E-state index contributed by atoms with van der Waals surface area (Å²) in [6, 6.07) is 0. The second kappa shape index (κ2) is 12.8. The molecule has 1 amide bonds. The zero-order chi connectivity index (χ0) is 32.1. The summed E-state index contributed by atoms with van der Waals surface area (Å²) in [5, 5.41) is 63.0. The van der Waals surface area contributed by atoms with Crippen LogP contribution in [-0.4, -0.2) is 97.9 Å². The molecule has 1 heterocycles. The quantitative estimate of drug-likeness (QED) is 0.183. The number of hydrogen-bond donors (Lipinski definition) is 7. The van der Waals surface area contributed by atoms with Crippen LogP contribution in [0, 0.1) is 46.3 Å². The van der Waals surface area contributed by atoms with Crippen LogP contribution < -0.4 is 5.32 Å². The molecule has 0 aromatic rings. The fraction of sp³-hybridized carbons (Fsp3) is 0.906. The van der Waals surface area contributed by atoms with E-state index in [9.17, 15) is 39.9 Å². The van der Waals surface area contributed by atoms with Gasteiger partial charge in [-0.3, -0.25) is 9.59 Å². The molecule has 0 aromatic heterocycles. The van der Waals surface area contributed by atoms with E-state index in [0.717, 1.165) is 32.1 Å². The van der Waals surface area contributed by atoms with Gasteiger partial charge in [0.15, 0.2) is 12.4 Å². The molecule has 5 fully saturated rings. The fourth-order valence-electron chi connectivity index (χ4n) is 10.5. The number of carbonyl (C=O) groups is 3.